The second-order valence-electron chi connectivity index (χ2n) is 4.42. The van der Waals surface area contributed by atoms with Crippen molar-refractivity contribution in [1.82, 2.24) is 5.32 Å². The van der Waals surface area contributed by atoms with Gasteiger partial charge < -0.3 is 10.1 Å². The van der Waals surface area contributed by atoms with Crippen LogP contribution in [0.5, 0.6) is 0 Å². The van der Waals surface area contributed by atoms with E-state index in [0.29, 0.717) is 5.56 Å². The Morgan fingerprint density at radius 3 is 2.32 bits per heavy atom. The number of hydrogen-bond donors (Lipinski definition) is 2. The normalized spacial score (nSPS) is 11.4. The standard InChI is InChI=1S/C16H15FN2O3/c1-22-16(21)19-15(14(20)11-7-3-2-4-8-11)18-13-10-6-5-9-12(13)17/h2-10,15,18H,1H3,(H,19,21)/t15-/m1/s1. The Morgan fingerprint density at radius 2 is 1.68 bits per heavy atom. The molecule has 114 valence electrons. The number of rotatable bonds is 5. The lowest BCUT2D eigenvalue weighted by Gasteiger charge is -2.20. The van der Waals surface area contributed by atoms with E-state index in [4.69, 9.17) is 0 Å². The first-order valence-electron chi connectivity index (χ1n) is 6.56. The van der Waals surface area contributed by atoms with Crippen LogP contribution in [0.3, 0.4) is 0 Å². The molecule has 0 aliphatic carbocycles. The number of benzene rings is 2. The summed E-state index contributed by atoms with van der Waals surface area (Å²) in [5, 5.41) is 5.03. The van der Waals surface area contributed by atoms with Crippen LogP contribution >= 0.6 is 0 Å². The molecule has 0 radical (unpaired) electrons. The highest BCUT2D eigenvalue weighted by atomic mass is 19.1. The average molecular weight is 302 g/mol. The Hall–Kier alpha value is -2.89. The summed E-state index contributed by atoms with van der Waals surface area (Å²) < 4.78 is 18.2. The summed E-state index contributed by atoms with van der Waals surface area (Å²) in [6.07, 6.45) is -1.94. The highest BCUT2D eigenvalue weighted by Gasteiger charge is 2.23. The van der Waals surface area contributed by atoms with Gasteiger partial charge in [-0.1, -0.05) is 42.5 Å². The van der Waals surface area contributed by atoms with Gasteiger partial charge in [-0.3, -0.25) is 10.1 Å². The third-order valence-electron chi connectivity index (χ3n) is 2.94. The van der Waals surface area contributed by atoms with Crippen molar-refractivity contribution < 1.29 is 18.7 Å². The van der Waals surface area contributed by atoms with E-state index in [1.54, 1.807) is 36.4 Å². The van der Waals surface area contributed by atoms with Gasteiger partial charge in [0, 0.05) is 5.56 Å². The van der Waals surface area contributed by atoms with Crippen LogP contribution in [0.15, 0.2) is 54.6 Å². The SMILES string of the molecule is COC(=O)N[C@@H](Nc1ccccc1F)C(=O)c1ccccc1. The number of ether oxygens (including phenoxy) is 1. The number of hydrogen-bond acceptors (Lipinski definition) is 4. The number of alkyl carbamates (subject to hydrolysis) is 1. The van der Waals surface area contributed by atoms with Crippen molar-refractivity contribution in [3.8, 4) is 0 Å². The Balaban J connectivity index is 2.25. The molecule has 0 fully saturated rings. The van der Waals surface area contributed by atoms with Crippen molar-refractivity contribution in [2.45, 2.75) is 6.17 Å². The third-order valence-corrected chi connectivity index (χ3v) is 2.94. The van der Waals surface area contributed by atoms with Crippen LogP contribution in [0, 0.1) is 5.82 Å². The largest absolute Gasteiger partial charge is 0.453 e. The number of methoxy groups -OCH3 is 1. The van der Waals surface area contributed by atoms with Crippen LogP contribution in [0.25, 0.3) is 0 Å². The molecule has 0 saturated heterocycles. The molecule has 0 bridgehead atoms. The van der Waals surface area contributed by atoms with Gasteiger partial charge in [-0.25, -0.2) is 9.18 Å². The van der Waals surface area contributed by atoms with Gasteiger partial charge in [0.25, 0.3) is 0 Å². The van der Waals surface area contributed by atoms with Crippen molar-refractivity contribution in [1.29, 1.82) is 0 Å². The van der Waals surface area contributed by atoms with Crippen molar-refractivity contribution in [3.05, 3.63) is 66.0 Å². The van der Waals surface area contributed by atoms with Gasteiger partial charge >= 0.3 is 6.09 Å². The quantitative estimate of drug-likeness (QED) is 0.658. The molecule has 5 nitrogen and oxygen atoms in total. The lowest BCUT2D eigenvalue weighted by molar-refractivity contribution is 0.0944. The Morgan fingerprint density at radius 1 is 1.05 bits per heavy atom. The molecule has 2 N–H and O–H groups in total. The van der Waals surface area contributed by atoms with E-state index in [1.807, 2.05) is 0 Å². The number of para-hydroxylation sites is 1. The molecule has 0 aliphatic rings. The molecule has 1 amide bonds. The van der Waals surface area contributed by atoms with E-state index in [-0.39, 0.29) is 5.69 Å². The van der Waals surface area contributed by atoms with Gasteiger partial charge in [0.2, 0.25) is 5.78 Å². The molecule has 22 heavy (non-hydrogen) atoms. The average Bonchev–Trinajstić information content (AvgIpc) is 2.56. The third kappa shape index (κ3) is 3.82. The van der Waals surface area contributed by atoms with Crippen molar-refractivity contribution >= 4 is 17.6 Å². The Kier molecular flexibility index (Phi) is 5.08. The van der Waals surface area contributed by atoms with Crippen LogP contribution < -0.4 is 10.6 Å². The van der Waals surface area contributed by atoms with Crippen molar-refractivity contribution in [2.24, 2.45) is 0 Å². The summed E-state index contributed by atoms with van der Waals surface area (Å²) >= 11 is 0. The number of Topliss-reactive ketones (excluding diaryl/α,β-unsaturated/α-hetero) is 1. The molecule has 2 aromatic carbocycles. The number of nitrogens with one attached hydrogen (secondary N) is 2. The fraction of sp³-hybridized carbons (Fsp3) is 0.125. The zero-order valence-corrected chi connectivity index (χ0v) is 11.9. The van der Waals surface area contributed by atoms with Gasteiger partial charge in [0.05, 0.1) is 12.8 Å². The van der Waals surface area contributed by atoms with E-state index >= 15 is 0 Å². The molecule has 0 saturated carbocycles. The summed E-state index contributed by atoms with van der Waals surface area (Å²) in [5.74, 6) is -0.936. The maximum atomic E-state index is 13.7. The van der Waals surface area contributed by atoms with Crippen molar-refractivity contribution in [2.75, 3.05) is 12.4 Å². The topological polar surface area (TPSA) is 67.4 Å². The van der Waals surface area contributed by atoms with Crippen LogP contribution in [0.1, 0.15) is 10.4 Å². The van der Waals surface area contributed by atoms with Gasteiger partial charge in [-0.15, -0.1) is 0 Å². The molecular formula is C16H15FN2O3. The number of carbonyl (C=O) groups excluding carboxylic acids is 2. The summed E-state index contributed by atoms with van der Waals surface area (Å²) in [6, 6.07) is 14.3. The molecule has 0 heterocycles. The predicted octanol–water partition coefficient (Wildman–Crippen LogP) is 2.80. The van der Waals surface area contributed by atoms with Gasteiger partial charge in [0.15, 0.2) is 6.17 Å². The minimum atomic E-state index is -1.15. The minimum Gasteiger partial charge on any atom is -0.453 e. The van der Waals surface area contributed by atoms with Crippen LogP contribution in [0.2, 0.25) is 0 Å². The van der Waals surface area contributed by atoms with Gasteiger partial charge in [0.1, 0.15) is 5.82 Å². The second kappa shape index (κ2) is 7.21. The number of halogens is 1. The summed E-state index contributed by atoms with van der Waals surface area (Å²) in [5.41, 5.74) is 0.487. The summed E-state index contributed by atoms with van der Waals surface area (Å²) in [6.45, 7) is 0. The zero-order valence-electron chi connectivity index (χ0n) is 11.9. The van der Waals surface area contributed by atoms with E-state index in [9.17, 15) is 14.0 Å². The summed E-state index contributed by atoms with van der Waals surface area (Å²) in [4.78, 5) is 23.9. The van der Waals surface area contributed by atoms with E-state index in [1.165, 1.54) is 25.3 Å². The number of anilines is 1. The summed E-state index contributed by atoms with van der Waals surface area (Å²) in [7, 11) is 1.18. The highest BCUT2D eigenvalue weighted by Crippen LogP contribution is 2.15. The van der Waals surface area contributed by atoms with E-state index < -0.39 is 23.9 Å². The first-order valence-corrected chi connectivity index (χ1v) is 6.56. The maximum absolute atomic E-state index is 13.7. The minimum absolute atomic E-state index is 0.105. The molecular weight excluding hydrogens is 287 g/mol. The fourth-order valence-electron chi connectivity index (χ4n) is 1.85. The Bertz CT molecular complexity index is 661. The van der Waals surface area contributed by atoms with Gasteiger partial charge in [-0.2, -0.15) is 0 Å². The smallest absolute Gasteiger partial charge is 0.408 e. The predicted molar refractivity (Wildman–Crippen MR) is 80.1 cm³/mol. The maximum Gasteiger partial charge on any atom is 0.408 e. The molecule has 1 atom stereocenters. The number of ketones is 1. The van der Waals surface area contributed by atoms with E-state index in [0.717, 1.165) is 0 Å². The van der Waals surface area contributed by atoms with Gasteiger partial charge in [-0.05, 0) is 12.1 Å². The van der Waals surface area contributed by atoms with E-state index in [2.05, 4.69) is 15.4 Å². The number of carbonyl (C=O) groups is 2. The molecule has 0 unspecified atom stereocenters. The van der Waals surface area contributed by atoms with Crippen LogP contribution in [-0.2, 0) is 4.74 Å². The number of amides is 1. The second-order valence-corrected chi connectivity index (χ2v) is 4.42. The molecule has 2 rings (SSSR count). The monoisotopic (exact) mass is 302 g/mol. The first kappa shape index (κ1) is 15.5. The lowest BCUT2D eigenvalue weighted by atomic mass is 10.1. The van der Waals surface area contributed by atoms with Crippen molar-refractivity contribution in [3.63, 3.8) is 0 Å². The fourth-order valence-corrected chi connectivity index (χ4v) is 1.85. The lowest BCUT2D eigenvalue weighted by Crippen LogP contribution is -2.46. The molecule has 2 aromatic rings. The molecule has 0 spiro atoms. The molecule has 0 aliphatic heterocycles. The zero-order chi connectivity index (χ0) is 15.9. The molecule has 0 aromatic heterocycles. The van der Waals surface area contributed by atoms with Crippen LogP contribution in [-0.4, -0.2) is 25.2 Å². The highest BCUT2D eigenvalue weighted by molar-refractivity contribution is 6.02. The van der Waals surface area contributed by atoms with Crippen LogP contribution in [0.4, 0.5) is 14.9 Å². The molecule has 6 heteroatoms. The Labute approximate surface area is 127 Å². The first-order chi connectivity index (χ1) is 10.6.